The van der Waals surface area contributed by atoms with Crippen LogP contribution in [0.4, 0.5) is 0 Å². The van der Waals surface area contributed by atoms with Crippen LogP contribution in [0.5, 0.6) is 0 Å². The highest BCUT2D eigenvalue weighted by Gasteiger charge is 2.35. The summed E-state index contributed by atoms with van der Waals surface area (Å²) < 4.78 is 5.81. The first-order chi connectivity index (χ1) is 6.62. The molecule has 1 N–H and O–H groups in total. The second kappa shape index (κ2) is 3.37. The molecule has 2 rings (SSSR count). The first-order valence-corrected chi connectivity index (χ1v) is 5.09. The van der Waals surface area contributed by atoms with E-state index in [9.17, 15) is 0 Å². The van der Waals surface area contributed by atoms with Gasteiger partial charge in [-0.05, 0) is 26.3 Å². The molecule has 0 aliphatic carbocycles. The largest absolute Gasteiger partial charge is 0.355 e. The Kier molecular flexibility index (Phi) is 2.33. The van der Waals surface area contributed by atoms with Crippen molar-refractivity contribution in [3.05, 3.63) is 35.4 Å². The van der Waals surface area contributed by atoms with E-state index < -0.39 is 0 Å². The number of hydrogen-bond donors (Lipinski definition) is 1. The summed E-state index contributed by atoms with van der Waals surface area (Å²) in [7, 11) is 0. The summed E-state index contributed by atoms with van der Waals surface area (Å²) in [4.78, 5) is 0. The molecule has 0 amide bonds. The summed E-state index contributed by atoms with van der Waals surface area (Å²) in [5, 5.41) is 3.47. The van der Waals surface area contributed by atoms with Crippen LogP contribution in [0.3, 0.4) is 0 Å². The third-order valence-corrected chi connectivity index (χ3v) is 2.80. The van der Waals surface area contributed by atoms with Crippen molar-refractivity contribution in [2.75, 3.05) is 6.61 Å². The Bertz CT molecular complexity index is 337. The van der Waals surface area contributed by atoms with Gasteiger partial charge >= 0.3 is 0 Å². The third-order valence-electron chi connectivity index (χ3n) is 2.80. The fraction of sp³-hybridized carbons (Fsp3) is 0.500. The molecule has 0 radical (unpaired) electrons. The molecule has 2 heteroatoms. The van der Waals surface area contributed by atoms with Crippen molar-refractivity contribution in [1.29, 1.82) is 0 Å². The summed E-state index contributed by atoms with van der Waals surface area (Å²) in [6.07, 6.45) is 0. The molecule has 0 saturated carbocycles. The van der Waals surface area contributed by atoms with Crippen LogP contribution in [0.25, 0.3) is 0 Å². The zero-order chi connectivity index (χ0) is 10.2. The molecule has 14 heavy (non-hydrogen) atoms. The van der Waals surface area contributed by atoms with Crippen LogP contribution in [-0.4, -0.2) is 12.6 Å². The molecule has 0 bridgehead atoms. The number of nitrogens with one attached hydrogen (secondary N) is 1. The average Bonchev–Trinajstić information content (AvgIpc) is 2.48. The standard InChI is InChI=1S/C12H17NO/c1-9-6-4-5-7-11(9)12(3)13-10(2)8-14-12/h4-7,10,13H,8H2,1-3H3. The van der Waals surface area contributed by atoms with Crippen LogP contribution in [0, 0.1) is 6.92 Å². The topological polar surface area (TPSA) is 21.3 Å². The van der Waals surface area contributed by atoms with Crippen molar-refractivity contribution < 1.29 is 4.74 Å². The lowest BCUT2D eigenvalue weighted by Gasteiger charge is -2.26. The van der Waals surface area contributed by atoms with E-state index in [1.54, 1.807) is 0 Å². The quantitative estimate of drug-likeness (QED) is 0.734. The molecule has 1 heterocycles. The summed E-state index contributed by atoms with van der Waals surface area (Å²) in [6.45, 7) is 7.14. The van der Waals surface area contributed by atoms with E-state index in [1.165, 1.54) is 11.1 Å². The van der Waals surface area contributed by atoms with Crippen molar-refractivity contribution in [2.45, 2.75) is 32.5 Å². The van der Waals surface area contributed by atoms with Crippen LogP contribution < -0.4 is 5.32 Å². The van der Waals surface area contributed by atoms with Gasteiger partial charge in [-0.3, -0.25) is 5.32 Å². The number of aryl methyl sites for hydroxylation is 1. The van der Waals surface area contributed by atoms with Crippen molar-refractivity contribution >= 4 is 0 Å². The predicted molar refractivity (Wildman–Crippen MR) is 57.1 cm³/mol. The SMILES string of the molecule is Cc1ccccc1C1(C)NC(C)CO1. The maximum absolute atomic E-state index is 5.81. The van der Waals surface area contributed by atoms with Crippen molar-refractivity contribution in [3.63, 3.8) is 0 Å². The van der Waals surface area contributed by atoms with E-state index in [2.05, 4.69) is 50.4 Å². The first-order valence-electron chi connectivity index (χ1n) is 5.09. The zero-order valence-electron chi connectivity index (χ0n) is 9.00. The Hall–Kier alpha value is -0.860. The van der Waals surface area contributed by atoms with Gasteiger partial charge in [0, 0.05) is 11.6 Å². The van der Waals surface area contributed by atoms with Crippen LogP contribution in [0.2, 0.25) is 0 Å². The predicted octanol–water partition coefficient (Wildman–Crippen LogP) is 2.18. The molecule has 1 aromatic rings. The molecule has 1 aromatic carbocycles. The van der Waals surface area contributed by atoms with Gasteiger partial charge in [0.2, 0.25) is 0 Å². The molecule has 1 saturated heterocycles. The summed E-state index contributed by atoms with van der Waals surface area (Å²) in [6, 6.07) is 8.79. The highest BCUT2D eigenvalue weighted by Crippen LogP contribution is 2.29. The number of ether oxygens (including phenoxy) is 1. The lowest BCUT2D eigenvalue weighted by molar-refractivity contribution is 0.00187. The molecule has 2 atom stereocenters. The van der Waals surface area contributed by atoms with Gasteiger partial charge < -0.3 is 4.74 Å². The van der Waals surface area contributed by atoms with Gasteiger partial charge in [-0.25, -0.2) is 0 Å². The maximum Gasteiger partial charge on any atom is 0.143 e. The van der Waals surface area contributed by atoms with Gasteiger partial charge in [0.25, 0.3) is 0 Å². The molecule has 1 aliphatic rings. The Labute approximate surface area is 85.3 Å². The van der Waals surface area contributed by atoms with E-state index in [1.807, 2.05) is 0 Å². The highest BCUT2D eigenvalue weighted by molar-refractivity contribution is 5.31. The monoisotopic (exact) mass is 191 g/mol. The Morgan fingerprint density at radius 1 is 1.43 bits per heavy atom. The summed E-state index contributed by atoms with van der Waals surface area (Å²) in [5.74, 6) is 0. The molecule has 1 fully saturated rings. The lowest BCUT2D eigenvalue weighted by atomic mass is 9.99. The van der Waals surface area contributed by atoms with Crippen LogP contribution >= 0.6 is 0 Å². The lowest BCUT2D eigenvalue weighted by Crippen LogP contribution is -2.38. The molecule has 2 nitrogen and oxygen atoms in total. The van der Waals surface area contributed by atoms with Gasteiger partial charge in [0.05, 0.1) is 6.61 Å². The van der Waals surface area contributed by atoms with E-state index in [-0.39, 0.29) is 5.72 Å². The Balaban J connectivity index is 2.35. The van der Waals surface area contributed by atoms with Gasteiger partial charge in [-0.1, -0.05) is 24.3 Å². The molecule has 2 unspecified atom stereocenters. The van der Waals surface area contributed by atoms with E-state index in [4.69, 9.17) is 4.74 Å². The molecular formula is C12H17NO. The average molecular weight is 191 g/mol. The number of rotatable bonds is 1. The van der Waals surface area contributed by atoms with Crippen LogP contribution in [0.15, 0.2) is 24.3 Å². The van der Waals surface area contributed by atoms with Crippen LogP contribution in [-0.2, 0) is 10.5 Å². The van der Waals surface area contributed by atoms with Gasteiger partial charge in [0.1, 0.15) is 5.72 Å². The smallest absolute Gasteiger partial charge is 0.143 e. The zero-order valence-corrected chi connectivity index (χ0v) is 9.00. The van der Waals surface area contributed by atoms with Gasteiger partial charge in [-0.15, -0.1) is 0 Å². The second-order valence-corrected chi connectivity index (χ2v) is 4.20. The first kappa shape index (κ1) is 9.69. The van der Waals surface area contributed by atoms with E-state index >= 15 is 0 Å². The van der Waals surface area contributed by atoms with Crippen molar-refractivity contribution in [2.24, 2.45) is 0 Å². The Morgan fingerprint density at radius 2 is 2.14 bits per heavy atom. The second-order valence-electron chi connectivity index (χ2n) is 4.20. The molecule has 0 aromatic heterocycles. The molecule has 76 valence electrons. The van der Waals surface area contributed by atoms with E-state index in [0.29, 0.717) is 6.04 Å². The Morgan fingerprint density at radius 3 is 2.71 bits per heavy atom. The molecular weight excluding hydrogens is 174 g/mol. The van der Waals surface area contributed by atoms with Crippen molar-refractivity contribution in [3.8, 4) is 0 Å². The maximum atomic E-state index is 5.81. The van der Waals surface area contributed by atoms with Gasteiger partial charge in [0.15, 0.2) is 0 Å². The summed E-state index contributed by atoms with van der Waals surface area (Å²) in [5.41, 5.74) is 2.21. The normalized spacial score (nSPS) is 32.1. The highest BCUT2D eigenvalue weighted by atomic mass is 16.5. The fourth-order valence-electron chi connectivity index (χ4n) is 2.11. The van der Waals surface area contributed by atoms with Crippen molar-refractivity contribution in [1.82, 2.24) is 5.32 Å². The van der Waals surface area contributed by atoms with E-state index in [0.717, 1.165) is 6.61 Å². The minimum absolute atomic E-state index is 0.301. The molecule has 1 aliphatic heterocycles. The van der Waals surface area contributed by atoms with Crippen LogP contribution in [0.1, 0.15) is 25.0 Å². The fourth-order valence-corrected chi connectivity index (χ4v) is 2.11. The number of benzene rings is 1. The van der Waals surface area contributed by atoms with Gasteiger partial charge in [-0.2, -0.15) is 0 Å². The number of hydrogen-bond acceptors (Lipinski definition) is 2. The summed E-state index contributed by atoms with van der Waals surface area (Å²) >= 11 is 0. The minimum atomic E-state index is -0.301. The third kappa shape index (κ3) is 1.56. The minimum Gasteiger partial charge on any atom is -0.355 e. The molecule has 0 spiro atoms.